The minimum atomic E-state index is -1.18. The molecule has 2 aromatic carbocycles. The van der Waals surface area contributed by atoms with Gasteiger partial charge in [0.2, 0.25) is 0 Å². The Balaban J connectivity index is 2.25. The van der Waals surface area contributed by atoms with Crippen molar-refractivity contribution in [3.8, 4) is 0 Å². The Morgan fingerprint density at radius 2 is 1.83 bits per heavy atom. The van der Waals surface area contributed by atoms with E-state index in [1.165, 1.54) is 24.3 Å². The standard InChI is InChI=1S/C19H19N3O7/c20-16(19(26)27)10-12-4-6-14(8-11(12)5-7-17(23)24)21-18(25)13-2-1-3-15(9-13)22(28)29/h1-4,6,8-9,16H,5,7,10,20H2,(H,21,25)(H,23,24)(H,26,27)/t16-/m0/s1. The number of non-ortho nitro benzene ring substituents is 1. The summed E-state index contributed by atoms with van der Waals surface area (Å²) in [6, 6.07) is 8.72. The minimum absolute atomic E-state index is 0.00337. The van der Waals surface area contributed by atoms with Crippen LogP contribution in [0.25, 0.3) is 0 Å². The molecule has 0 aliphatic carbocycles. The van der Waals surface area contributed by atoms with Gasteiger partial charge in [-0.15, -0.1) is 0 Å². The molecular weight excluding hydrogens is 382 g/mol. The highest BCUT2D eigenvalue weighted by molar-refractivity contribution is 6.04. The van der Waals surface area contributed by atoms with Crippen molar-refractivity contribution < 1.29 is 29.5 Å². The highest BCUT2D eigenvalue weighted by atomic mass is 16.6. The third-order valence-corrected chi connectivity index (χ3v) is 4.15. The molecule has 1 atom stereocenters. The van der Waals surface area contributed by atoms with Gasteiger partial charge in [-0.3, -0.25) is 24.5 Å². The maximum Gasteiger partial charge on any atom is 0.320 e. The normalized spacial score (nSPS) is 11.5. The van der Waals surface area contributed by atoms with E-state index in [1.54, 1.807) is 12.1 Å². The van der Waals surface area contributed by atoms with Crippen LogP contribution in [0.3, 0.4) is 0 Å². The molecule has 0 saturated carbocycles. The lowest BCUT2D eigenvalue weighted by molar-refractivity contribution is -0.384. The van der Waals surface area contributed by atoms with Crippen LogP contribution in [0.15, 0.2) is 42.5 Å². The molecule has 0 unspecified atom stereocenters. The van der Waals surface area contributed by atoms with Crippen molar-refractivity contribution >= 4 is 29.2 Å². The molecule has 0 fully saturated rings. The van der Waals surface area contributed by atoms with E-state index in [0.29, 0.717) is 16.8 Å². The van der Waals surface area contributed by atoms with Crippen LogP contribution in [0.1, 0.15) is 27.9 Å². The largest absolute Gasteiger partial charge is 0.481 e. The molecule has 0 aromatic heterocycles. The van der Waals surface area contributed by atoms with E-state index in [1.807, 2.05) is 0 Å². The van der Waals surface area contributed by atoms with E-state index in [0.717, 1.165) is 6.07 Å². The average molecular weight is 401 g/mol. The van der Waals surface area contributed by atoms with Crippen molar-refractivity contribution in [1.29, 1.82) is 0 Å². The highest BCUT2D eigenvalue weighted by Gasteiger charge is 2.17. The third kappa shape index (κ3) is 6.11. The van der Waals surface area contributed by atoms with E-state index in [9.17, 15) is 24.5 Å². The van der Waals surface area contributed by atoms with Gasteiger partial charge in [-0.2, -0.15) is 0 Å². The first kappa shape index (κ1) is 21.5. The summed E-state index contributed by atoms with van der Waals surface area (Å²) in [4.78, 5) is 44.5. The molecule has 2 aromatic rings. The monoisotopic (exact) mass is 401 g/mol. The van der Waals surface area contributed by atoms with Crippen molar-refractivity contribution in [3.63, 3.8) is 0 Å². The van der Waals surface area contributed by atoms with E-state index < -0.39 is 28.8 Å². The number of aliphatic carboxylic acids is 2. The van der Waals surface area contributed by atoms with Gasteiger partial charge in [-0.05, 0) is 42.2 Å². The third-order valence-electron chi connectivity index (χ3n) is 4.15. The number of hydrogen-bond acceptors (Lipinski definition) is 6. The van der Waals surface area contributed by atoms with E-state index in [-0.39, 0.29) is 30.5 Å². The number of hydrogen-bond donors (Lipinski definition) is 4. The summed E-state index contributed by atoms with van der Waals surface area (Å²) in [5, 5.41) is 31.4. The SMILES string of the molecule is N[C@@H](Cc1ccc(NC(=O)c2cccc([N+](=O)[O-])c2)cc1CCC(=O)O)C(=O)O. The average Bonchev–Trinajstić information content (AvgIpc) is 2.67. The number of carbonyl (C=O) groups is 3. The van der Waals surface area contributed by atoms with Crippen LogP contribution in [0, 0.1) is 10.1 Å². The Morgan fingerprint density at radius 3 is 2.45 bits per heavy atom. The molecule has 0 saturated heterocycles. The van der Waals surface area contributed by atoms with E-state index in [4.69, 9.17) is 15.9 Å². The molecule has 0 radical (unpaired) electrons. The van der Waals surface area contributed by atoms with Crippen LogP contribution in [0.5, 0.6) is 0 Å². The van der Waals surface area contributed by atoms with Crippen molar-refractivity contribution in [2.45, 2.75) is 25.3 Å². The quantitative estimate of drug-likeness (QED) is 0.364. The summed E-state index contributed by atoms with van der Waals surface area (Å²) in [6.07, 6.45) is -0.0570. The predicted molar refractivity (Wildman–Crippen MR) is 103 cm³/mol. The zero-order valence-electron chi connectivity index (χ0n) is 15.2. The molecule has 0 spiro atoms. The Hall–Kier alpha value is -3.79. The van der Waals surface area contributed by atoms with Gasteiger partial charge in [0.1, 0.15) is 6.04 Å². The number of nitro benzene ring substituents is 1. The summed E-state index contributed by atoms with van der Waals surface area (Å²) >= 11 is 0. The maximum absolute atomic E-state index is 12.4. The molecular formula is C19H19N3O7. The zero-order valence-corrected chi connectivity index (χ0v) is 15.2. The first-order chi connectivity index (χ1) is 13.7. The Bertz CT molecular complexity index is 959. The molecule has 0 aliphatic heterocycles. The van der Waals surface area contributed by atoms with Gasteiger partial charge >= 0.3 is 11.9 Å². The van der Waals surface area contributed by atoms with Gasteiger partial charge in [0, 0.05) is 29.8 Å². The lowest BCUT2D eigenvalue weighted by atomic mass is 9.96. The molecule has 0 bridgehead atoms. The first-order valence-corrected chi connectivity index (χ1v) is 8.55. The number of nitrogens with one attached hydrogen (secondary N) is 1. The van der Waals surface area contributed by atoms with Gasteiger partial charge in [0.05, 0.1) is 4.92 Å². The van der Waals surface area contributed by atoms with Crippen molar-refractivity contribution in [2.75, 3.05) is 5.32 Å². The highest BCUT2D eigenvalue weighted by Crippen LogP contribution is 2.21. The Kier molecular flexibility index (Phi) is 6.99. The molecule has 2 rings (SSSR count). The van der Waals surface area contributed by atoms with Gasteiger partial charge in [-0.1, -0.05) is 12.1 Å². The molecule has 10 nitrogen and oxygen atoms in total. The van der Waals surface area contributed by atoms with Gasteiger partial charge in [-0.25, -0.2) is 0 Å². The van der Waals surface area contributed by atoms with Crippen molar-refractivity contribution in [1.82, 2.24) is 0 Å². The number of nitrogens with zero attached hydrogens (tertiary/aromatic N) is 1. The number of benzene rings is 2. The second-order valence-electron chi connectivity index (χ2n) is 6.29. The van der Waals surface area contributed by atoms with Gasteiger partial charge < -0.3 is 21.3 Å². The number of aryl methyl sites for hydroxylation is 1. The van der Waals surface area contributed by atoms with Crippen molar-refractivity contribution in [3.05, 3.63) is 69.3 Å². The fourth-order valence-corrected chi connectivity index (χ4v) is 2.67. The molecule has 0 heterocycles. The summed E-state index contributed by atoms with van der Waals surface area (Å²) in [5.41, 5.74) is 6.88. The van der Waals surface area contributed by atoms with Crippen LogP contribution < -0.4 is 11.1 Å². The lowest BCUT2D eigenvalue weighted by Crippen LogP contribution is -2.32. The lowest BCUT2D eigenvalue weighted by Gasteiger charge is -2.14. The smallest absolute Gasteiger partial charge is 0.320 e. The number of anilines is 1. The number of nitrogens with two attached hydrogens (primary N) is 1. The van der Waals surface area contributed by atoms with Crippen LogP contribution in [0.4, 0.5) is 11.4 Å². The fraction of sp³-hybridized carbons (Fsp3) is 0.211. The van der Waals surface area contributed by atoms with Crippen molar-refractivity contribution in [2.24, 2.45) is 5.73 Å². The predicted octanol–water partition coefficient (Wildman–Crippen LogP) is 1.82. The molecule has 29 heavy (non-hydrogen) atoms. The summed E-state index contributed by atoms with van der Waals surface area (Å²) in [7, 11) is 0. The second kappa shape index (κ2) is 9.42. The van der Waals surface area contributed by atoms with Crippen LogP contribution >= 0.6 is 0 Å². The number of carbonyl (C=O) groups excluding carboxylic acids is 1. The summed E-state index contributed by atoms with van der Waals surface area (Å²) in [5.74, 6) is -2.78. The Morgan fingerprint density at radius 1 is 1.10 bits per heavy atom. The maximum atomic E-state index is 12.4. The fourth-order valence-electron chi connectivity index (χ4n) is 2.67. The first-order valence-electron chi connectivity index (χ1n) is 8.55. The second-order valence-corrected chi connectivity index (χ2v) is 6.29. The molecule has 152 valence electrons. The number of carboxylic acids is 2. The van der Waals surface area contributed by atoms with E-state index >= 15 is 0 Å². The zero-order chi connectivity index (χ0) is 21.6. The van der Waals surface area contributed by atoms with Crippen LogP contribution in [-0.4, -0.2) is 39.0 Å². The topological polar surface area (TPSA) is 173 Å². The number of nitro groups is 1. The van der Waals surface area contributed by atoms with Gasteiger partial charge in [0.15, 0.2) is 0 Å². The summed E-state index contributed by atoms with van der Waals surface area (Å²) in [6.45, 7) is 0. The number of rotatable bonds is 9. The number of carboxylic acid groups (broad SMARTS) is 2. The minimum Gasteiger partial charge on any atom is -0.481 e. The molecule has 5 N–H and O–H groups in total. The summed E-state index contributed by atoms with van der Waals surface area (Å²) < 4.78 is 0. The number of amides is 1. The molecule has 1 amide bonds. The van der Waals surface area contributed by atoms with Gasteiger partial charge in [0.25, 0.3) is 11.6 Å². The Labute approximate surface area is 165 Å². The molecule has 0 aliphatic rings. The molecule has 10 heteroatoms. The van der Waals surface area contributed by atoms with Crippen LogP contribution in [0.2, 0.25) is 0 Å². The van der Waals surface area contributed by atoms with E-state index in [2.05, 4.69) is 5.32 Å². The van der Waals surface area contributed by atoms with Crippen LogP contribution in [-0.2, 0) is 22.4 Å².